The van der Waals surface area contributed by atoms with Crippen molar-refractivity contribution in [2.24, 2.45) is 5.92 Å². The molecule has 2 aliphatic rings. The summed E-state index contributed by atoms with van der Waals surface area (Å²) in [4.78, 5) is 38.9. The molecule has 1 aliphatic heterocycles. The number of halogens is 1. The first-order valence-corrected chi connectivity index (χ1v) is 10.8. The zero-order valence-electron chi connectivity index (χ0n) is 17.4. The van der Waals surface area contributed by atoms with E-state index in [-0.39, 0.29) is 24.8 Å². The molecule has 9 heteroatoms. The van der Waals surface area contributed by atoms with Crippen LogP contribution in [0, 0.1) is 5.92 Å². The Morgan fingerprint density at radius 3 is 2.74 bits per heavy atom. The van der Waals surface area contributed by atoms with Crippen molar-refractivity contribution in [2.75, 3.05) is 20.2 Å². The first-order chi connectivity index (χ1) is 15.0. The summed E-state index contributed by atoms with van der Waals surface area (Å²) in [6, 6.07) is 6.96. The lowest BCUT2D eigenvalue weighted by Crippen LogP contribution is -2.37. The topological polar surface area (TPSA) is 93.5 Å². The van der Waals surface area contributed by atoms with E-state index >= 15 is 0 Å². The van der Waals surface area contributed by atoms with Gasteiger partial charge in [0.05, 0.1) is 30.7 Å². The molecular weight excluding hydrogens is 420 g/mol. The molecule has 8 nitrogen and oxygen atoms in total. The van der Waals surface area contributed by atoms with Gasteiger partial charge in [-0.1, -0.05) is 23.7 Å². The molecule has 0 radical (unpaired) electrons. The number of ether oxygens (including phenoxy) is 1. The number of nitrogens with zero attached hydrogens (tertiary/aromatic N) is 3. The molecule has 1 aromatic carbocycles. The molecule has 2 heterocycles. The van der Waals surface area contributed by atoms with E-state index in [1.165, 1.54) is 20.0 Å². The highest BCUT2D eigenvalue weighted by Crippen LogP contribution is 2.33. The molecule has 0 atom stereocenters. The number of carbonyl (C=O) groups is 3. The SMILES string of the molecule is COC(=O)CCNC(=O)c1nn(CC2CC2)c2c1CN(C(=O)c1ccccc1Cl)CC2. The highest BCUT2D eigenvalue weighted by Gasteiger charge is 2.32. The molecule has 31 heavy (non-hydrogen) atoms. The van der Waals surface area contributed by atoms with Crippen molar-refractivity contribution < 1.29 is 19.1 Å². The molecule has 0 bridgehead atoms. The van der Waals surface area contributed by atoms with Crippen LogP contribution in [0.5, 0.6) is 0 Å². The van der Waals surface area contributed by atoms with E-state index in [0.29, 0.717) is 41.7 Å². The number of hydrogen-bond acceptors (Lipinski definition) is 5. The molecule has 2 amide bonds. The summed E-state index contributed by atoms with van der Waals surface area (Å²) in [7, 11) is 1.31. The largest absolute Gasteiger partial charge is 0.469 e. The molecule has 2 aromatic rings. The van der Waals surface area contributed by atoms with Gasteiger partial charge in [-0.05, 0) is 30.9 Å². The van der Waals surface area contributed by atoms with Crippen LogP contribution in [0.4, 0.5) is 0 Å². The van der Waals surface area contributed by atoms with Crippen LogP contribution in [0.2, 0.25) is 5.02 Å². The second-order valence-corrected chi connectivity index (χ2v) is 8.35. The number of esters is 1. The number of aromatic nitrogens is 2. The van der Waals surface area contributed by atoms with Crippen molar-refractivity contribution in [2.45, 2.75) is 38.8 Å². The zero-order chi connectivity index (χ0) is 22.0. The number of fused-ring (bicyclic) bond motifs is 1. The Bertz CT molecular complexity index is 1010. The highest BCUT2D eigenvalue weighted by atomic mass is 35.5. The molecular formula is C22H25ClN4O4. The van der Waals surface area contributed by atoms with Gasteiger partial charge in [0, 0.05) is 37.3 Å². The average molecular weight is 445 g/mol. The van der Waals surface area contributed by atoms with Gasteiger partial charge >= 0.3 is 5.97 Å². The first kappa shape index (κ1) is 21.4. The predicted octanol–water partition coefficient (Wildman–Crippen LogP) is 2.44. The number of carbonyl (C=O) groups excluding carboxylic acids is 3. The first-order valence-electron chi connectivity index (χ1n) is 10.4. The fraction of sp³-hybridized carbons (Fsp3) is 0.455. The van der Waals surface area contributed by atoms with Crippen molar-refractivity contribution in [1.82, 2.24) is 20.0 Å². The molecule has 1 aromatic heterocycles. The maximum atomic E-state index is 13.0. The number of rotatable bonds is 7. The summed E-state index contributed by atoms with van der Waals surface area (Å²) in [5, 5.41) is 7.75. The summed E-state index contributed by atoms with van der Waals surface area (Å²) >= 11 is 6.22. The molecule has 0 saturated heterocycles. The van der Waals surface area contributed by atoms with E-state index in [0.717, 1.165) is 17.8 Å². The van der Waals surface area contributed by atoms with Crippen LogP contribution >= 0.6 is 11.6 Å². The van der Waals surface area contributed by atoms with Crippen molar-refractivity contribution in [3.8, 4) is 0 Å². The monoisotopic (exact) mass is 444 g/mol. The van der Waals surface area contributed by atoms with Gasteiger partial charge in [0.15, 0.2) is 5.69 Å². The van der Waals surface area contributed by atoms with E-state index in [9.17, 15) is 14.4 Å². The number of benzene rings is 1. The number of methoxy groups -OCH3 is 1. The summed E-state index contributed by atoms with van der Waals surface area (Å²) in [6.07, 6.45) is 3.06. The minimum Gasteiger partial charge on any atom is -0.469 e. The summed E-state index contributed by atoms with van der Waals surface area (Å²) in [5.41, 5.74) is 2.54. The fourth-order valence-electron chi connectivity index (χ4n) is 3.81. The fourth-order valence-corrected chi connectivity index (χ4v) is 4.03. The van der Waals surface area contributed by atoms with Crippen molar-refractivity contribution >= 4 is 29.4 Å². The lowest BCUT2D eigenvalue weighted by atomic mass is 10.0. The molecule has 0 spiro atoms. The summed E-state index contributed by atoms with van der Waals surface area (Å²) in [6.45, 7) is 1.79. The average Bonchev–Trinajstić information content (AvgIpc) is 3.52. The minimum atomic E-state index is -0.391. The lowest BCUT2D eigenvalue weighted by molar-refractivity contribution is -0.140. The minimum absolute atomic E-state index is 0.0876. The maximum absolute atomic E-state index is 13.0. The van der Waals surface area contributed by atoms with Crippen LogP contribution in [0.25, 0.3) is 0 Å². The van der Waals surface area contributed by atoms with E-state index in [1.54, 1.807) is 29.2 Å². The number of amides is 2. The van der Waals surface area contributed by atoms with Gasteiger partial charge < -0.3 is 15.0 Å². The zero-order valence-corrected chi connectivity index (χ0v) is 18.2. The second-order valence-electron chi connectivity index (χ2n) is 7.94. The van der Waals surface area contributed by atoms with Gasteiger partial charge in [-0.3, -0.25) is 19.1 Å². The standard InChI is InChI=1S/C22H25ClN4O4/c1-31-19(28)8-10-24-21(29)20-16-13-26(22(30)15-4-2-3-5-17(15)23)11-9-18(16)27(25-20)12-14-6-7-14/h2-5,14H,6-13H2,1H3,(H,24,29). The van der Waals surface area contributed by atoms with E-state index < -0.39 is 5.97 Å². The lowest BCUT2D eigenvalue weighted by Gasteiger charge is -2.28. The molecule has 1 N–H and O–H groups in total. The van der Waals surface area contributed by atoms with Gasteiger partial charge in [-0.25, -0.2) is 0 Å². The Morgan fingerprint density at radius 2 is 2.03 bits per heavy atom. The molecule has 0 unspecified atom stereocenters. The van der Waals surface area contributed by atoms with Crippen molar-refractivity contribution in [3.05, 3.63) is 51.8 Å². The highest BCUT2D eigenvalue weighted by molar-refractivity contribution is 6.33. The van der Waals surface area contributed by atoms with E-state index in [2.05, 4.69) is 15.2 Å². The Kier molecular flexibility index (Phi) is 6.27. The van der Waals surface area contributed by atoms with E-state index in [4.69, 9.17) is 11.6 Å². The van der Waals surface area contributed by atoms with Gasteiger partial charge in [0.2, 0.25) is 0 Å². The molecule has 4 rings (SSSR count). The van der Waals surface area contributed by atoms with Crippen LogP contribution in [-0.2, 0) is 29.0 Å². The predicted molar refractivity (Wildman–Crippen MR) is 114 cm³/mol. The second kappa shape index (κ2) is 9.09. The molecule has 164 valence electrons. The van der Waals surface area contributed by atoms with Gasteiger partial charge in [0.25, 0.3) is 11.8 Å². The van der Waals surface area contributed by atoms with Crippen LogP contribution in [-0.4, -0.2) is 52.7 Å². The van der Waals surface area contributed by atoms with E-state index in [1.807, 2.05) is 4.68 Å². The Morgan fingerprint density at radius 1 is 1.26 bits per heavy atom. The van der Waals surface area contributed by atoms with Crippen LogP contribution in [0.15, 0.2) is 24.3 Å². The third-order valence-corrected chi connectivity index (χ3v) is 6.04. The molecule has 1 fully saturated rings. The molecule has 1 aliphatic carbocycles. The molecule has 1 saturated carbocycles. The third-order valence-electron chi connectivity index (χ3n) is 5.71. The maximum Gasteiger partial charge on any atom is 0.307 e. The van der Waals surface area contributed by atoms with Crippen LogP contribution in [0.1, 0.15) is 51.4 Å². The van der Waals surface area contributed by atoms with Crippen LogP contribution < -0.4 is 5.32 Å². The summed E-state index contributed by atoms with van der Waals surface area (Å²) < 4.78 is 6.54. The quantitative estimate of drug-likeness (QED) is 0.662. The summed E-state index contributed by atoms with van der Waals surface area (Å²) in [5.74, 6) is -0.301. The Labute approximate surface area is 185 Å². The van der Waals surface area contributed by atoms with Gasteiger partial charge in [-0.15, -0.1) is 0 Å². The smallest absolute Gasteiger partial charge is 0.307 e. The third kappa shape index (κ3) is 4.74. The van der Waals surface area contributed by atoms with Gasteiger partial charge in [0.1, 0.15) is 0 Å². The van der Waals surface area contributed by atoms with Crippen molar-refractivity contribution in [1.29, 1.82) is 0 Å². The van der Waals surface area contributed by atoms with Crippen molar-refractivity contribution in [3.63, 3.8) is 0 Å². The number of nitrogens with one attached hydrogen (secondary N) is 1. The van der Waals surface area contributed by atoms with Gasteiger partial charge in [-0.2, -0.15) is 5.10 Å². The Hall–Kier alpha value is -2.87. The normalized spacial score (nSPS) is 15.4. The van der Waals surface area contributed by atoms with Crippen LogP contribution in [0.3, 0.4) is 0 Å². The number of hydrogen-bond donors (Lipinski definition) is 1. The Balaban J connectivity index is 1.55.